The maximum Gasteiger partial charge on any atom is 0.304 e. The minimum absolute atomic E-state index is 0.0425. The molecule has 1 atom stereocenters. The van der Waals surface area contributed by atoms with Crippen LogP contribution in [0.2, 0.25) is 0 Å². The fourth-order valence-electron chi connectivity index (χ4n) is 1.62. The van der Waals surface area contributed by atoms with Crippen LogP contribution in [0.25, 0.3) is 0 Å². The van der Waals surface area contributed by atoms with Gasteiger partial charge in [0.15, 0.2) is 0 Å². The lowest BCUT2D eigenvalue weighted by molar-refractivity contribution is -0.137. The lowest BCUT2D eigenvalue weighted by Gasteiger charge is -2.12. The molecule has 0 saturated heterocycles. The summed E-state index contributed by atoms with van der Waals surface area (Å²) in [5, 5.41) is 11.4. The Kier molecular flexibility index (Phi) is 3.49. The number of carboxylic acids is 1. The predicted octanol–water partition coefficient (Wildman–Crippen LogP) is 2.89. The minimum Gasteiger partial charge on any atom is -0.481 e. The number of nitrogens with zero attached hydrogens (tertiary/aromatic N) is 1. The average molecular weight is 251 g/mol. The zero-order valence-corrected chi connectivity index (χ0v) is 9.65. The molecule has 1 heterocycles. The summed E-state index contributed by atoms with van der Waals surface area (Å²) in [6.45, 7) is 0. The van der Waals surface area contributed by atoms with Crippen LogP contribution in [0.5, 0.6) is 0 Å². The van der Waals surface area contributed by atoms with Crippen LogP contribution >= 0.6 is 11.3 Å². The van der Waals surface area contributed by atoms with E-state index in [0.717, 1.165) is 10.6 Å². The highest BCUT2D eigenvalue weighted by Crippen LogP contribution is 2.29. The van der Waals surface area contributed by atoms with Crippen molar-refractivity contribution in [2.24, 2.45) is 0 Å². The van der Waals surface area contributed by atoms with Crippen LogP contribution in [0.1, 0.15) is 22.9 Å². The van der Waals surface area contributed by atoms with Crippen molar-refractivity contribution in [3.8, 4) is 0 Å². The van der Waals surface area contributed by atoms with Crippen molar-refractivity contribution in [3.63, 3.8) is 0 Å². The summed E-state index contributed by atoms with van der Waals surface area (Å²) in [6.07, 6.45) is 1.59. The van der Waals surface area contributed by atoms with E-state index in [2.05, 4.69) is 4.98 Å². The van der Waals surface area contributed by atoms with Crippen molar-refractivity contribution in [2.45, 2.75) is 12.3 Å². The van der Waals surface area contributed by atoms with E-state index in [1.165, 1.54) is 23.5 Å². The highest BCUT2D eigenvalue weighted by atomic mass is 32.1. The number of hydrogen-bond acceptors (Lipinski definition) is 3. The molecule has 0 saturated carbocycles. The first-order valence-corrected chi connectivity index (χ1v) is 5.91. The molecule has 1 unspecified atom stereocenters. The van der Waals surface area contributed by atoms with E-state index in [1.54, 1.807) is 23.7 Å². The van der Waals surface area contributed by atoms with Crippen LogP contribution in [-0.4, -0.2) is 16.1 Å². The Morgan fingerprint density at radius 3 is 2.65 bits per heavy atom. The van der Waals surface area contributed by atoms with Crippen LogP contribution in [0, 0.1) is 5.82 Å². The van der Waals surface area contributed by atoms with Crippen LogP contribution in [0.4, 0.5) is 4.39 Å². The first-order chi connectivity index (χ1) is 8.16. The van der Waals surface area contributed by atoms with E-state index in [1.807, 2.05) is 0 Å². The molecular weight excluding hydrogens is 241 g/mol. The van der Waals surface area contributed by atoms with Crippen molar-refractivity contribution in [1.29, 1.82) is 0 Å². The van der Waals surface area contributed by atoms with E-state index < -0.39 is 5.97 Å². The van der Waals surface area contributed by atoms with Gasteiger partial charge in [-0.1, -0.05) is 12.1 Å². The van der Waals surface area contributed by atoms with Gasteiger partial charge in [-0.25, -0.2) is 9.37 Å². The van der Waals surface area contributed by atoms with E-state index in [9.17, 15) is 9.18 Å². The van der Waals surface area contributed by atoms with Crippen molar-refractivity contribution in [1.82, 2.24) is 4.98 Å². The molecule has 0 bridgehead atoms. The Morgan fingerprint density at radius 1 is 1.41 bits per heavy atom. The van der Waals surface area contributed by atoms with Crippen molar-refractivity contribution in [2.75, 3.05) is 0 Å². The molecule has 0 radical (unpaired) electrons. The van der Waals surface area contributed by atoms with Gasteiger partial charge in [0.25, 0.3) is 0 Å². The topological polar surface area (TPSA) is 50.2 Å². The van der Waals surface area contributed by atoms with Gasteiger partial charge in [-0.3, -0.25) is 4.79 Å². The Bertz CT molecular complexity index is 496. The lowest BCUT2D eigenvalue weighted by atomic mass is 9.96. The summed E-state index contributed by atoms with van der Waals surface area (Å²) in [7, 11) is 0. The summed E-state index contributed by atoms with van der Waals surface area (Å²) in [5.74, 6) is -1.54. The molecule has 1 aromatic heterocycles. The smallest absolute Gasteiger partial charge is 0.304 e. The summed E-state index contributed by atoms with van der Waals surface area (Å²) in [6, 6.07) is 5.87. The third-order valence-corrected chi connectivity index (χ3v) is 3.29. The Labute approximate surface area is 102 Å². The van der Waals surface area contributed by atoms with E-state index in [-0.39, 0.29) is 18.2 Å². The second kappa shape index (κ2) is 5.05. The summed E-state index contributed by atoms with van der Waals surface area (Å²) < 4.78 is 12.8. The molecule has 2 aromatic rings. The van der Waals surface area contributed by atoms with E-state index in [4.69, 9.17) is 5.11 Å². The molecule has 17 heavy (non-hydrogen) atoms. The fraction of sp³-hybridized carbons (Fsp3) is 0.167. The number of rotatable bonds is 4. The number of benzene rings is 1. The number of aromatic nitrogens is 1. The summed E-state index contributed by atoms with van der Waals surface area (Å²) in [5.41, 5.74) is 0.767. The molecule has 0 aliphatic rings. The summed E-state index contributed by atoms with van der Waals surface area (Å²) in [4.78, 5) is 15.0. The molecule has 0 aliphatic carbocycles. The normalized spacial score (nSPS) is 12.3. The predicted molar refractivity (Wildman–Crippen MR) is 62.6 cm³/mol. The minimum atomic E-state index is -0.894. The van der Waals surface area contributed by atoms with Crippen LogP contribution < -0.4 is 0 Å². The molecule has 5 heteroatoms. The fourth-order valence-corrected chi connectivity index (χ4v) is 2.39. The maximum atomic E-state index is 12.8. The molecule has 0 fully saturated rings. The molecule has 0 aliphatic heterocycles. The molecule has 3 nitrogen and oxygen atoms in total. The van der Waals surface area contributed by atoms with Crippen LogP contribution in [-0.2, 0) is 4.79 Å². The number of carbonyl (C=O) groups is 1. The SMILES string of the molecule is O=C(O)CC(c1ccc(F)cc1)c1nccs1. The highest BCUT2D eigenvalue weighted by molar-refractivity contribution is 7.09. The van der Waals surface area contributed by atoms with Gasteiger partial charge in [0, 0.05) is 17.5 Å². The first kappa shape index (κ1) is 11.7. The molecule has 0 amide bonds. The molecule has 1 N–H and O–H groups in total. The van der Waals surface area contributed by atoms with Gasteiger partial charge in [-0.2, -0.15) is 0 Å². The molecule has 88 valence electrons. The second-order valence-electron chi connectivity index (χ2n) is 3.57. The van der Waals surface area contributed by atoms with Crippen molar-refractivity contribution < 1.29 is 14.3 Å². The lowest BCUT2D eigenvalue weighted by Crippen LogP contribution is -2.07. The Balaban J connectivity index is 2.33. The van der Waals surface area contributed by atoms with E-state index in [0.29, 0.717) is 0 Å². The monoisotopic (exact) mass is 251 g/mol. The third-order valence-electron chi connectivity index (χ3n) is 2.40. The Morgan fingerprint density at radius 2 is 2.12 bits per heavy atom. The Hall–Kier alpha value is -1.75. The van der Waals surface area contributed by atoms with Crippen LogP contribution in [0.15, 0.2) is 35.8 Å². The van der Waals surface area contributed by atoms with Crippen molar-refractivity contribution in [3.05, 3.63) is 52.2 Å². The maximum absolute atomic E-state index is 12.8. The van der Waals surface area contributed by atoms with E-state index >= 15 is 0 Å². The van der Waals surface area contributed by atoms with Crippen molar-refractivity contribution >= 4 is 17.3 Å². The quantitative estimate of drug-likeness (QED) is 0.909. The van der Waals surface area contributed by atoms with Gasteiger partial charge in [-0.15, -0.1) is 11.3 Å². The van der Waals surface area contributed by atoms with Gasteiger partial charge >= 0.3 is 5.97 Å². The van der Waals surface area contributed by atoms with Gasteiger partial charge < -0.3 is 5.11 Å². The number of halogens is 1. The van der Waals surface area contributed by atoms with Gasteiger partial charge in [-0.05, 0) is 17.7 Å². The summed E-state index contributed by atoms with van der Waals surface area (Å²) >= 11 is 1.40. The van der Waals surface area contributed by atoms with Gasteiger partial charge in [0.05, 0.1) is 6.42 Å². The molecule has 2 rings (SSSR count). The first-order valence-electron chi connectivity index (χ1n) is 5.03. The number of thiazole rings is 1. The number of aliphatic carboxylic acids is 1. The van der Waals surface area contributed by atoms with Crippen LogP contribution in [0.3, 0.4) is 0 Å². The third kappa shape index (κ3) is 2.88. The molecule has 0 spiro atoms. The highest BCUT2D eigenvalue weighted by Gasteiger charge is 2.20. The zero-order valence-electron chi connectivity index (χ0n) is 8.84. The van der Waals surface area contributed by atoms with Gasteiger partial charge in [0.2, 0.25) is 0 Å². The largest absolute Gasteiger partial charge is 0.481 e. The zero-order chi connectivity index (χ0) is 12.3. The molecular formula is C12H10FNO2S. The number of hydrogen-bond donors (Lipinski definition) is 1. The number of carboxylic acid groups (broad SMARTS) is 1. The van der Waals surface area contributed by atoms with Gasteiger partial charge in [0.1, 0.15) is 10.8 Å². The standard InChI is InChI=1S/C12H10FNO2S/c13-9-3-1-8(2-4-9)10(7-11(15)16)12-14-5-6-17-12/h1-6,10H,7H2,(H,15,16). The molecule has 1 aromatic carbocycles. The second-order valence-corrected chi connectivity index (χ2v) is 4.50. The average Bonchev–Trinajstić information content (AvgIpc) is 2.80.